The maximum atomic E-state index is 13.1. The van der Waals surface area contributed by atoms with Gasteiger partial charge in [0.05, 0.1) is 19.9 Å². The highest BCUT2D eigenvalue weighted by Gasteiger charge is 2.13. The molecule has 0 saturated carbocycles. The van der Waals surface area contributed by atoms with Gasteiger partial charge in [0.15, 0.2) is 5.82 Å². The Kier molecular flexibility index (Phi) is 5.62. The first-order valence-corrected chi connectivity index (χ1v) is 10.1. The van der Waals surface area contributed by atoms with Crippen LogP contribution in [0.25, 0.3) is 16.3 Å². The fourth-order valence-electron chi connectivity index (χ4n) is 2.96. The molecule has 7 nitrogen and oxygen atoms in total. The summed E-state index contributed by atoms with van der Waals surface area (Å²) in [5, 5.41) is 9.39. The van der Waals surface area contributed by atoms with Gasteiger partial charge in [-0.3, -0.25) is 4.79 Å². The van der Waals surface area contributed by atoms with Gasteiger partial charge in [0, 0.05) is 35.5 Å². The molecule has 0 aliphatic heterocycles. The molecule has 0 bridgehead atoms. The molecular weight excluding hydrogens is 407 g/mol. The van der Waals surface area contributed by atoms with E-state index in [0.29, 0.717) is 35.9 Å². The number of nitrogens with one attached hydrogen (secondary N) is 1. The van der Waals surface area contributed by atoms with Crippen LogP contribution in [0.2, 0.25) is 0 Å². The van der Waals surface area contributed by atoms with E-state index in [1.807, 2.05) is 5.38 Å². The molecule has 4 aromatic rings. The van der Waals surface area contributed by atoms with Crippen molar-refractivity contribution in [1.82, 2.24) is 19.9 Å². The normalized spacial score (nSPS) is 10.9. The number of ether oxygens (including phenoxy) is 2. The van der Waals surface area contributed by atoms with E-state index in [1.165, 1.54) is 37.7 Å². The van der Waals surface area contributed by atoms with Crippen molar-refractivity contribution in [3.05, 3.63) is 64.9 Å². The van der Waals surface area contributed by atoms with Crippen LogP contribution in [0.1, 0.15) is 16.1 Å². The van der Waals surface area contributed by atoms with E-state index in [4.69, 9.17) is 9.47 Å². The van der Waals surface area contributed by atoms with Gasteiger partial charge in [0.2, 0.25) is 4.96 Å². The van der Waals surface area contributed by atoms with E-state index in [9.17, 15) is 9.18 Å². The number of hydrogen-bond acceptors (Lipinski definition) is 6. The molecule has 4 rings (SSSR count). The first-order chi connectivity index (χ1) is 14.6. The minimum Gasteiger partial charge on any atom is -0.497 e. The van der Waals surface area contributed by atoms with Crippen molar-refractivity contribution in [3.8, 4) is 22.9 Å². The number of carbonyl (C=O) groups is 1. The van der Waals surface area contributed by atoms with Crippen LogP contribution in [0.4, 0.5) is 4.39 Å². The van der Waals surface area contributed by atoms with E-state index in [-0.39, 0.29) is 11.7 Å². The van der Waals surface area contributed by atoms with E-state index in [1.54, 1.807) is 34.8 Å². The molecular formula is C21H19FN4O3S. The molecule has 1 N–H and O–H groups in total. The zero-order valence-corrected chi connectivity index (χ0v) is 17.2. The summed E-state index contributed by atoms with van der Waals surface area (Å²) in [5.41, 5.74) is 2.14. The Balaban J connectivity index is 1.44. The Hall–Kier alpha value is -3.46. The first-order valence-electron chi connectivity index (χ1n) is 9.17. The number of fused-ring (bicyclic) bond motifs is 1. The number of rotatable bonds is 7. The molecule has 0 spiro atoms. The molecule has 2 heterocycles. The van der Waals surface area contributed by atoms with Gasteiger partial charge in [-0.1, -0.05) is 0 Å². The van der Waals surface area contributed by atoms with Gasteiger partial charge in [0.1, 0.15) is 17.3 Å². The highest BCUT2D eigenvalue weighted by Crippen LogP contribution is 2.23. The molecule has 1 amide bonds. The predicted octanol–water partition coefficient (Wildman–Crippen LogP) is 3.59. The van der Waals surface area contributed by atoms with E-state index in [2.05, 4.69) is 15.4 Å². The van der Waals surface area contributed by atoms with Crippen molar-refractivity contribution in [3.63, 3.8) is 0 Å². The Morgan fingerprint density at radius 3 is 2.50 bits per heavy atom. The maximum Gasteiger partial charge on any atom is 0.251 e. The van der Waals surface area contributed by atoms with Gasteiger partial charge in [-0.2, -0.15) is 4.98 Å². The minimum atomic E-state index is -0.301. The van der Waals surface area contributed by atoms with Crippen molar-refractivity contribution in [2.45, 2.75) is 6.42 Å². The third kappa shape index (κ3) is 4.11. The van der Waals surface area contributed by atoms with Crippen molar-refractivity contribution >= 4 is 22.2 Å². The summed E-state index contributed by atoms with van der Waals surface area (Å²) >= 11 is 1.47. The average molecular weight is 426 g/mol. The lowest BCUT2D eigenvalue weighted by Crippen LogP contribution is -2.26. The summed E-state index contributed by atoms with van der Waals surface area (Å²) in [4.78, 5) is 17.7. The Labute approximate surface area is 176 Å². The quantitative estimate of drug-likeness (QED) is 0.489. The third-order valence-corrected chi connectivity index (χ3v) is 5.40. The molecule has 0 unspecified atom stereocenters. The van der Waals surface area contributed by atoms with Crippen molar-refractivity contribution < 1.29 is 18.7 Å². The minimum absolute atomic E-state index is 0.218. The Morgan fingerprint density at radius 1 is 1.13 bits per heavy atom. The lowest BCUT2D eigenvalue weighted by atomic mass is 10.2. The highest BCUT2D eigenvalue weighted by atomic mass is 32.1. The van der Waals surface area contributed by atoms with Crippen molar-refractivity contribution in [2.24, 2.45) is 0 Å². The van der Waals surface area contributed by atoms with Crippen LogP contribution in [0.3, 0.4) is 0 Å². The molecule has 0 fully saturated rings. The van der Waals surface area contributed by atoms with Crippen LogP contribution < -0.4 is 14.8 Å². The molecule has 2 aromatic heterocycles. The lowest BCUT2D eigenvalue weighted by molar-refractivity contribution is 0.0953. The second-order valence-electron chi connectivity index (χ2n) is 6.47. The standard InChI is InChI=1S/C21H19FN4O3S/c1-28-17-9-14(10-18(11-17)29-2)20(27)23-8-7-16-12-30-21-24-19(25-26(16)21)13-3-5-15(22)6-4-13/h3-6,9-12H,7-8H2,1-2H3,(H,23,27). The average Bonchev–Trinajstić information content (AvgIpc) is 3.35. The van der Waals surface area contributed by atoms with E-state index < -0.39 is 0 Å². The molecule has 0 radical (unpaired) electrons. The van der Waals surface area contributed by atoms with Crippen LogP contribution in [-0.4, -0.2) is 41.3 Å². The summed E-state index contributed by atoms with van der Waals surface area (Å²) in [6.07, 6.45) is 0.582. The van der Waals surface area contributed by atoms with Crippen molar-refractivity contribution in [2.75, 3.05) is 20.8 Å². The first kappa shape index (κ1) is 19.8. The number of nitrogens with zero attached hydrogens (tertiary/aromatic N) is 3. The molecule has 0 saturated heterocycles. The molecule has 0 aliphatic carbocycles. The Bertz CT molecular complexity index is 1160. The second-order valence-corrected chi connectivity index (χ2v) is 7.31. The number of benzene rings is 2. The SMILES string of the molecule is COc1cc(OC)cc(C(=O)NCCc2csc3nc(-c4ccc(F)cc4)nn23)c1. The van der Waals surface area contributed by atoms with Gasteiger partial charge in [-0.25, -0.2) is 8.91 Å². The number of amides is 1. The summed E-state index contributed by atoms with van der Waals surface area (Å²) < 4.78 is 25.3. The summed E-state index contributed by atoms with van der Waals surface area (Å²) in [6.45, 7) is 0.427. The van der Waals surface area contributed by atoms with Gasteiger partial charge >= 0.3 is 0 Å². The molecule has 2 aromatic carbocycles. The van der Waals surface area contributed by atoms with Gasteiger partial charge in [0.25, 0.3) is 5.91 Å². The lowest BCUT2D eigenvalue weighted by Gasteiger charge is -2.09. The van der Waals surface area contributed by atoms with Crippen LogP contribution in [-0.2, 0) is 6.42 Å². The smallest absolute Gasteiger partial charge is 0.251 e. The highest BCUT2D eigenvalue weighted by molar-refractivity contribution is 7.15. The molecule has 0 aliphatic rings. The molecule has 154 valence electrons. The monoisotopic (exact) mass is 426 g/mol. The fraction of sp³-hybridized carbons (Fsp3) is 0.190. The summed E-state index contributed by atoms with van der Waals surface area (Å²) in [6, 6.07) is 11.1. The van der Waals surface area contributed by atoms with Crippen LogP contribution in [0, 0.1) is 5.82 Å². The van der Waals surface area contributed by atoms with Crippen LogP contribution in [0.5, 0.6) is 11.5 Å². The van der Waals surface area contributed by atoms with Gasteiger partial charge < -0.3 is 14.8 Å². The largest absolute Gasteiger partial charge is 0.497 e. The summed E-state index contributed by atoms with van der Waals surface area (Å²) in [5.74, 6) is 1.12. The van der Waals surface area contributed by atoms with Gasteiger partial charge in [-0.15, -0.1) is 16.4 Å². The zero-order valence-electron chi connectivity index (χ0n) is 16.4. The third-order valence-electron chi connectivity index (χ3n) is 4.53. The number of aromatic nitrogens is 3. The summed E-state index contributed by atoms with van der Waals surface area (Å²) in [7, 11) is 3.08. The van der Waals surface area contributed by atoms with Crippen LogP contribution in [0.15, 0.2) is 47.8 Å². The van der Waals surface area contributed by atoms with Crippen LogP contribution >= 0.6 is 11.3 Å². The maximum absolute atomic E-state index is 13.1. The van der Waals surface area contributed by atoms with Gasteiger partial charge in [-0.05, 0) is 36.4 Å². The number of carbonyl (C=O) groups excluding carboxylic acids is 1. The molecule has 30 heavy (non-hydrogen) atoms. The molecule has 9 heteroatoms. The molecule has 0 atom stereocenters. The fourth-order valence-corrected chi connectivity index (χ4v) is 3.82. The predicted molar refractivity (Wildman–Crippen MR) is 112 cm³/mol. The van der Waals surface area contributed by atoms with E-state index in [0.717, 1.165) is 16.2 Å². The number of methoxy groups -OCH3 is 2. The zero-order chi connectivity index (χ0) is 21.1. The number of thiazole rings is 1. The van der Waals surface area contributed by atoms with E-state index >= 15 is 0 Å². The Morgan fingerprint density at radius 2 is 1.83 bits per heavy atom. The number of hydrogen-bond donors (Lipinski definition) is 1. The van der Waals surface area contributed by atoms with Crippen molar-refractivity contribution in [1.29, 1.82) is 0 Å². The topological polar surface area (TPSA) is 77.8 Å². The second kappa shape index (κ2) is 8.50. The number of halogens is 1.